The molecule has 0 amide bonds. The number of thioether (sulfide) groups is 1. The fourth-order valence-electron chi connectivity index (χ4n) is 1.24. The summed E-state index contributed by atoms with van der Waals surface area (Å²) in [5.41, 5.74) is 2.09. The number of ether oxygens (including phenoxy) is 1. The van der Waals surface area contributed by atoms with Gasteiger partial charge in [-0.15, -0.1) is 0 Å². The zero-order chi connectivity index (χ0) is 14.4. The van der Waals surface area contributed by atoms with E-state index in [1.165, 1.54) is 18.9 Å². The van der Waals surface area contributed by atoms with Crippen LogP contribution in [0.1, 0.15) is 19.5 Å². The monoisotopic (exact) mass is 301 g/mol. The summed E-state index contributed by atoms with van der Waals surface area (Å²) < 4.78 is 4.55. The Bertz CT molecular complexity index is 532. The van der Waals surface area contributed by atoms with Gasteiger partial charge in [0.15, 0.2) is 10.8 Å². The molecule has 0 aromatic carbocycles. The molecule has 0 aliphatic carbocycles. The molecular weight excluding hydrogens is 286 g/mol. The standard InChI is InChI=1S/C10H10ClN3O2S.C2H6/c1-5-6(11)3-7-9(12-5)14-10(13-7)17-4-8(15)16-2;1-2/h3H,4H2,1-2H3,(H,12,13,14);1-2H3. The Morgan fingerprint density at radius 2 is 2.16 bits per heavy atom. The Morgan fingerprint density at radius 1 is 1.47 bits per heavy atom. The van der Waals surface area contributed by atoms with Gasteiger partial charge in [-0.3, -0.25) is 4.79 Å². The summed E-state index contributed by atoms with van der Waals surface area (Å²) in [6.07, 6.45) is 0. The number of aromatic amines is 1. The highest BCUT2D eigenvalue weighted by Crippen LogP contribution is 2.22. The molecule has 0 unspecified atom stereocenters. The number of pyridine rings is 1. The molecule has 2 heterocycles. The van der Waals surface area contributed by atoms with Crippen LogP contribution in [0.25, 0.3) is 11.2 Å². The minimum atomic E-state index is -0.294. The maximum atomic E-state index is 11.0. The molecule has 104 valence electrons. The van der Waals surface area contributed by atoms with Crippen molar-refractivity contribution in [2.24, 2.45) is 0 Å². The van der Waals surface area contributed by atoms with Gasteiger partial charge < -0.3 is 9.72 Å². The molecule has 19 heavy (non-hydrogen) atoms. The van der Waals surface area contributed by atoms with E-state index in [0.29, 0.717) is 15.8 Å². The lowest BCUT2D eigenvalue weighted by Crippen LogP contribution is -2.02. The number of H-pyrrole nitrogens is 1. The number of halogens is 1. The highest BCUT2D eigenvalue weighted by Gasteiger charge is 2.09. The Labute approximate surface area is 121 Å². The zero-order valence-corrected chi connectivity index (χ0v) is 12.9. The first kappa shape index (κ1) is 15.8. The Balaban J connectivity index is 0.000000861. The second-order valence-corrected chi connectivity index (χ2v) is 4.70. The highest BCUT2D eigenvalue weighted by molar-refractivity contribution is 7.99. The normalized spacial score (nSPS) is 9.95. The van der Waals surface area contributed by atoms with Crippen molar-refractivity contribution in [3.63, 3.8) is 0 Å². The van der Waals surface area contributed by atoms with Crippen LogP contribution in [-0.2, 0) is 9.53 Å². The fourth-order valence-corrected chi connectivity index (χ4v) is 2.10. The molecule has 0 spiro atoms. The lowest BCUT2D eigenvalue weighted by molar-refractivity contribution is -0.137. The average Bonchev–Trinajstić information content (AvgIpc) is 2.80. The minimum Gasteiger partial charge on any atom is -0.468 e. The quantitative estimate of drug-likeness (QED) is 0.696. The number of aryl methyl sites for hydroxylation is 1. The van der Waals surface area contributed by atoms with Crippen molar-refractivity contribution >= 4 is 40.5 Å². The molecule has 1 N–H and O–H groups in total. The van der Waals surface area contributed by atoms with Gasteiger partial charge >= 0.3 is 5.97 Å². The first-order chi connectivity index (χ1) is 9.10. The van der Waals surface area contributed by atoms with E-state index in [2.05, 4.69) is 19.7 Å². The van der Waals surface area contributed by atoms with E-state index in [1.54, 1.807) is 6.07 Å². The zero-order valence-electron chi connectivity index (χ0n) is 11.3. The number of carbonyl (C=O) groups excluding carboxylic acids is 1. The molecule has 0 aliphatic heterocycles. The maximum absolute atomic E-state index is 11.0. The first-order valence-electron chi connectivity index (χ1n) is 5.82. The molecule has 0 atom stereocenters. The van der Waals surface area contributed by atoms with E-state index in [4.69, 9.17) is 11.6 Å². The van der Waals surface area contributed by atoms with Crippen molar-refractivity contribution in [3.8, 4) is 0 Å². The van der Waals surface area contributed by atoms with Crippen molar-refractivity contribution < 1.29 is 9.53 Å². The SMILES string of the molecule is CC.COC(=O)CSc1nc2nc(C)c(Cl)cc2[nH]1. The smallest absolute Gasteiger partial charge is 0.316 e. The van der Waals surface area contributed by atoms with Crippen LogP contribution in [0.4, 0.5) is 0 Å². The number of nitrogens with one attached hydrogen (secondary N) is 1. The van der Waals surface area contributed by atoms with E-state index < -0.39 is 0 Å². The summed E-state index contributed by atoms with van der Waals surface area (Å²) in [5.74, 6) is -0.0825. The van der Waals surface area contributed by atoms with Crippen molar-refractivity contribution in [1.82, 2.24) is 15.0 Å². The molecule has 0 bridgehead atoms. The molecule has 5 nitrogen and oxygen atoms in total. The predicted octanol–water partition coefficient (Wildman–Crippen LogP) is 3.21. The number of rotatable bonds is 3. The van der Waals surface area contributed by atoms with Crippen LogP contribution in [0.3, 0.4) is 0 Å². The Kier molecular flexibility index (Phi) is 6.11. The van der Waals surface area contributed by atoms with Crippen molar-refractivity contribution in [3.05, 3.63) is 16.8 Å². The number of aromatic nitrogens is 3. The molecule has 2 aromatic rings. The number of hydrogen-bond acceptors (Lipinski definition) is 5. The molecule has 2 aromatic heterocycles. The van der Waals surface area contributed by atoms with Gasteiger partial charge in [0.1, 0.15) is 0 Å². The van der Waals surface area contributed by atoms with Crippen molar-refractivity contribution in [2.75, 3.05) is 12.9 Å². The van der Waals surface area contributed by atoms with Gasteiger partial charge in [0, 0.05) is 0 Å². The number of nitrogens with zero attached hydrogens (tertiary/aromatic N) is 2. The highest BCUT2D eigenvalue weighted by atomic mass is 35.5. The largest absolute Gasteiger partial charge is 0.468 e. The molecule has 0 aliphatic rings. The van der Waals surface area contributed by atoms with Gasteiger partial charge in [0.2, 0.25) is 0 Å². The molecule has 0 fully saturated rings. The van der Waals surface area contributed by atoms with Gasteiger partial charge in [0.25, 0.3) is 0 Å². The fraction of sp³-hybridized carbons (Fsp3) is 0.417. The second-order valence-electron chi connectivity index (χ2n) is 3.33. The van der Waals surface area contributed by atoms with Crippen LogP contribution in [-0.4, -0.2) is 33.8 Å². The summed E-state index contributed by atoms with van der Waals surface area (Å²) >= 11 is 7.22. The number of fused-ring (bicyclic) bond motifs is 1. The Hall–Kier alpha value is -1.27. The number of methoxy groups -OCH3 is 1. The molecular formula is C12H16ClN3O2S. The third kappa shape index (κ3) is 4.11. The second kappa shape index (κ2) is 7.35. The number of hydrogen-bond donors (Lipinski definition) is 1. The molecule has 0 radical (unpaired) electrons. The summed E-state index contributed by atoms with van der Waals surface area (Å²) in [5, 5.41) is 1.21. The van der Waals surface area contributed by atoms with Crippen LogP contribution >= 0.6 is 23.4 Å². The summed E-state index contributed by atoms with van der Waals surface area (Å²) in [7, 11) is 1.35. The summed E-state index contributed by atoms with van der Waals surface area (Å²) in [6.45, 7) is 5.82. The molecule has 0 saturated heterocycles. The minimum absolute atomic E-state index is 0.211. The van der Waals surface area contributed by atoms with Crippen LogP contribution in [0.2, 0.25) is 5.02 Å². The average molecular weight is 302 g/mol. The maximum Gasteiger partial charge on any atom is 0.316 e. The van der Waals surface area contributed by atoms with Gasteiger partial charge in [-0.1, -0.05) is 37.2 Å². The molecule has 0 saturated carbocycles. The Morgan fingerprint density at radius 3 is 2.79 bits per heavy atom. The van der Waals surface area contributed by atoms with Crippen molar-refractivity contribution in [1.29, 1.82) is 0 Å². The lowest BCUT2D eigenvalue weighted by atomic mass is 10.3. The third-order valence-corrected chi connectivity index (χ3v) is 3.36. The van der Waals surface area contributed by atoms with E-state index >= 15 is 0 Å². The lowest BCUT2D eigenvalue weighted by Gasteiger charge is -1.95. The van der Waals surface area contributed by atoms with Gasteiger partial charge in [-0.05, 0) is 13.0 Å². The van der Waals surface area contributed by atoms with Gasteiger partial charge in [-0.25, -0.2) is 9.97 Å². The van der Waals surface area contributed by atoms with Gasteiger partial charge in [-0.2, -0.15) is 0 Å². The number of imidazole rings is 1. The third-order valence-electron chi connectivity index (χ3n) is 2.13. The van der Waals surface area contributed by atoms with E-state index in [-0.39, 0.29) is 11.7 Å². The van der Waals surface area contributed by atoms with E-state index in [1.807, 2.05) is 20.8 Å². The topological polar surface area (TPSA) is 67.9 Å². The summed E-state index contributed by atoms with van der Waals surface area (Å²) in [6, 6.07) is 1.77. The van der Waals surface area contributed by atoms with Crippen LogP contribution in [0, 0.1) is 6.92 Å². The van der Waals surface area contributed by atoms with E-state index in [0.717, 1.165) is 11.2 Å². The predicted molar refractivity (Wildman–Crippen MR) is 77.7 cm³/mol. The van der Waals surface area contributed by atoms with Crippen LogP contribution in [0.5, 0.6) is 0 Å². The molecule has 2 rings (SSSR count). The number of esters is 1. The number of carbonyl (C=O) groups is 1. The first-order valence-corrected chi connectivity index (χ1v) is 7.19. The summed E-state index contributed by atoms with van der Waals surface area (Å²) in [4.78, 5) is 22.5. The van der Waals surface area contributed by atoms with E-state index in [9.17, 15) is 4.79 Å². The molecule has 7 heteroatoms. The van der Waals surface area contributed by atoms with Crippen LogP contribution in [0.15, 0.2) is 11.2 Å². The van der Waals surface area contributed by atoms with Crippen LogP contribution < -0.4 is 0 Å². The van der Waals surface area contributed by atoms with Crippen molar-refractivity contribution in [2.45, 2.75) is 25.9 Å². The van der Waals surface area contributed by atoms with Gasteiger partial charge in [0.05, 0.1) is 29.1 Å².